The molecule has 0 spiro atoms. The molecule has 0 radical (unpaired) electrons. The lowest BCUT2D eigenvalue weighted by atomic mass is 10.1. The number of amides is 2. The van der Waals surface area contributed by atoms with Crippen molar-refractivity contribution in [2.24, 2.45) is 5.92 Å². The van der Waals surface area contributed by atoms with Crippen LogP contribution in [0.15, 0.2) is 0 Å². The first kappa shape index (κ1) is 20.3. The number of nitrogens with one attached hydrogen (secondary N) is 2. The van der Waals surface area contributed by atoms with Crippen molar-refractivity contribution in [3.05, 3.63) is 0 Å². The molecule has 0 bridgehead atoms. The van der Waals surface area contributed by atoms with Gasteiger partial charge >= 0.3 is 6.03 Å². The first-order valence-electron chi connectivity index (χ1n) is 9.12. The van der Waals surface area contributed by atoms with Crippen molar-refractivity contribution in [1.82, 2.24) is 10.6 Å². The molecule has 0 aromatic rings. The summed E-state index contributed by atoms with van der Waals surface area (Å²) in [4.78, 5) is 11.6. The minimum absolute atomic E-state index is 0.0212. The van der Waals surface area contributed by atoms with E-state index in [1.807, 2.05) is 6.92 Å². The Kier molecular flexibility index (Phi) is 13.7. The van der Waals surface area contributed by atoms with Crippen LogP contribution in [0.2, 0.25) is 0 Å². The standard InChI is InChI=1S/C18H38N2O/c1-5-6-7-8-9-10-11-12-13-14-15-19-18(21)20-17(4)16(2)3/h16-17H,5-15H2,1-4H3,(H2,19,20,21)/t17-/m1/s1. The molecule has 21 heavy (non-hydrogen) atoms. The van der Waals surface area contributed by atoms with E-state index in [0.29, 0.717) is 5.92 Å². The Labute approximate surface area is 132 Å². The van der Waals surface area contributed by atoms with Crippen LogP contribution in [0, 0.1) is 5.92 Å². The van der Waals surface area contributed by atoms with Gasteiger partial charge in [-0.2, -0.15) is 0 Å². The fourth-order valence-electron chi connectivity index (χ4n) is 2.24. The third-order valence-electron chi connectivity index (χ3n) is 4.17. The molecular weight excluding hydrogens is 260 g/mol. The molecule has 1 atom stereocenters. The molecule has 2 amide bonds. The predicted molar refractivity (Wildman–Crippen MR) is 92.7 cm³/mol. The summed E-state index contributed by atoms with van der Waals surface area (Å²) in [6.07, 6.45) is 13.3. The number of carbonyl (C=O) groups is 1. The SMILES string of the molecule is CCCCCCCCCCCCNC(=O)N[C@H](C)C(C)C. The zero-order valence-corrected chi connectivity index (χ0v) is 14.8. The summed E-state index contributed by atoms with van der Waals surface area (Å²) in [5.74, 6) is 0.480. The molecule has 0 aliphatic heterocycles. The van der Waals surface area contributed by atoms with E-state index in [2.05, 4.69) is 31.4 Å². The van der Waals surface area contributed by atoms with Crippen molar-refractivity contribution < 1.29 is 4.79 Å². The summed E-state index contributed by atoms with van der Waals surface area (Å²) in [5.41, 5.74) is 0. The van der Waals surface area contributed by atoms with Crippen molar-refractivity contribution in [1.29, 1.82) is 0 Å². The molecule has 0 rings (SSSR count). The zero-order chi connectivity index (χ0) is 15.9. The summed E-state index contributed by atoms with van der Waals surface area (Å²) >= 11 is 0. The van der Waals surface area contributed by atoms with Crippen molar-refractivity contribution in [2.45, 2.75) is 97.9 Å². The van der Waals surface area contributed by atoms with Gasteiger partial charge in [-0.25, -0.2) is 4.79 Å². The molecule has 0 saturated heterocycles. The summed E-state index contributed by atoms with van der Waals surface area (Å²) in [6, 6.07) is 0.213. The Morgan fingerprint density at radius 2 is 1.29 bits per heavy atom. The quantitative estimate of drug-likeness (QED) is 0.448. The van der Waals surface area contributed by atoms with E-state index in [1.165, 1.54) is 57.8 Å². The van der Waals surface area contributed by atoms with Crippen LogP contribution in [0.1, 0.15) is 91.9 Å². The monoisotopic (exact) mass is 298 g/mol. The maximum Gasteiger partial charge on any atom is 0.315 e. The zero-order valence-electron chi connectivity index (χ0n) is 14.8. The Balaban J connectivity index is 3.23. The van der Waals surface area contributed by atoms with E-state index in [4.69, 9.17) is 0 Å². The number of unbranched alkanes of at least 4 members (excludes halogenated alkanes) is 9. The van der Waals surface area contributed by atoms with E-state index in [-0.39, 0.29) is 12.1 Å². The summed E-state index contributed by atoms with van der Waals surface area (Å²) in [7, 11) is 0. The van der Waals surface area contributed by atoms with Gasteiger partial charge in [-0.3, -0.25) is 0 Å². The highest BCUT2D eigenvalue weighted by Gasteiger charge is 2.09. The van der Waals surface area contributed by atoms with Crippen LogP contribution in [-0.2, 0) is 0 Å². The van der Waals surface area contributed by atoms with Crippen LogP contribution in [0.25, 0.3) is 0 Å². The molecule has 0 heterocycles. The molecule has 0 saturated carbocycles. The normalized spacial score (nSPS) is 12.4. The average Bonchev–Trinajstić information content (AvgIpc) is 2.44. The number of carbonyl (C=O) groups excluding carboxylic acids is 1. The van der Waals surface area contributed by atoms with E-state index in [1.54, 1.807) is 0 Å². The molecule has 126 valence electrons. The highest BCUT2D eigenvalue weighted by Crippen LogP contribution is 2.10. The van der Waals surface area contributed by atoms with Gasteiger partial charge < -0.3 is 10.6 Å². The highest BCUT2D eigenvalue weighted by molar-refractivity contribution is 5.74. The van der Waals surface area contributed by atoms with Crippen LogP contribution >= 0.6 is 0 Å². The fourth-order valence-corrected chi connectivity index (χ4v) is 2.24. The Hall–Kier alpha value is -0.730. The third kappa shape index (κ3) is 14.0. The van der Waals surface area contributed by atoms with Gasteiger partial charge in [-0.05, 0) is 19.3 Å². The number of hydrogen-bond donors (Lipinski definition) is 2. The van der Waals surface area contributed by atoms with Crippen molar-refractivity contribution in [3.8, 4) is 0 Å². The van der Waals surface area contributed by atoms with Crippen LogP contribution in [0.4, 0.5) is 4.79 Å². The average molecular weight is 299 g/mol. The number of hydrogen-bond acceptors (Lipinski definition) is 1. The largest absolute Gasteiger partial charge is 0.338 e. The fraction of sp³-hybridized carbons (Fsp3) is 0.944. The Morgan fingerprint density at radius 1 is 0.810 bits per heavy atom. The molecular formula is C18H38N2O. The number of rotatable bonds is 13. The van der Waals surface area contributed by atoms with Gasteiger partial charge in [0.15, 0.2) is 0 Å². The lowest BCUT2D eigenvalue weighted by Gasteiger charge is -2.17. The molecule has 0 unspecified atom stereocenters. The lowest BCUT2D eigenvalue weighted by molar-refractivity contribution is 0.234. The van der Waals surface area contributed by atoms with Crippen molar-refractivity contribution in [3.63, 3.8) is 0 Å². The second-order valence-corrected chi connectivity index (χ2v) is 6.61. The maximum atomic E-state index is 11.6. The van der Waals surface area contributed by atoms with Gasteiger partial charge in [0.05, 0.1) is 0 Å². The molecule has 0 aliphatic carbocycles. The van der Waals surface area contributed by atoms with E-state index >= 15 is 0 Å². The minimum atomic E-state index is -0.0212. The topological polar surface area (TPSA) is 41.1 Å². The summed E-state index contributed by atoms with van der Waals surface area (Å²) < 4.78 is 0. The van der Waals surface area contributed by atoms with Gasteiger partial charge in [-0.15, -0.1) is 0 Å². The van der Waals surface area contributed by atoms with Crippen LogP contribution in [-0.4, -0.2) is 18.6 Å². The lowest BCUT2D eigenvalue weighted by Crippen LogP contribution is -2.43. The molecule has 3 nitrogen and oxygen atoms in total. The maximum absolute atomic E-state index is 11.6. The molecule has 0 aliphatic rings. The van der Waals surface area contributed by atoms with Gasteiger partial charge in [-0.1, -0.05) is 78.6 Å². The van der Waals surface area contributed by atoms with E-state index < -0.39 is 0 Å². The second kappa shape index (κ2) is 14.2. The van der Waals surface area contributed by atoms with Crippen LogP contribution in [0.3, 0.4) is 0 Å². The van der Waals surface area contributed by atoms with Crippen LogP contribution in [0.5, 0.6) is 0 Å². The van der Waals surface area contributed by atoms with Gasteiger partial charge in [0.1, 0.15) is 0 Å². The summed E-state index contributed by atoms with van der Waals surface area (Å²) in [6.45, 7) is 9.34. The van der Waals surface area contributed by atoms with Crippen molar-refractivity contribution in [2.75, 3.05) is 6.54 Å². The first-order valence-corrected chi connectivity index (χ1v) is 9.12. The smallest absolute Gasteiger partial charge is 0.315 e. The predicted octanol–water partition coefficient (Wildman–Crippen LogP) is 5.25. The van der Waals surface area contributed by atoms with Gasteiger partial charge in [0.2, 0.25) is 0 Å². The highest BCUT2D eigenvalue weighted by atomic mass is 16.2. The van der Waals surface area contributed by atoms with Gasteiger partial charge in [0.25, 0.3) is 0 Å². The van der Waals surface area contributed by atoms with Gasteiger partial charge in [0, 0.05) is 12.6 Å². The molecule has 0 fully saturated rings. The summed E-state index contributed by atoms with van der Waals surface area (Å²) in [5, 5.41) is 5.91. The van der Waals surface area contributed by atoms with E-state index in [0.717, 1.165) is 13.0 Å². The molecule has 3 heteroatoms. The van der Waals surface area contributed by atoms with E-state index in [9.17, 15) is 4.79 Å². The second-order valence-electron chi connectivity index (χ2n) is 6.61. The molecule has 0 aromatic heterocycles. The number of urea groups is 1. The third-order valence-corrected chi connectivity index (χ3v) is 4.17. The Bertz CT molecular complexity index is 241. The van der Waals surface area contributed by atoms with Crippen molar-refractivity contribution >= 4 is 6.03 Å². The first-order chi connectivity index (χ1) is 10.1. The molecule has 0 aromatic carbocycles. The minimum Gasteiger partial charge on any atom is -0.338 e. The molecule has 2 N–H and O–H groups in total. The Morgan fingerprint density at radius 3 is 1.76 bits per heavy atom. The van der Waals surface area contributed by atoms with Crippen LogP contribution < -0.4 is 10.6 Å².